The van der Waals surface area contributed by atoms with E-state index in [0.29, 0.717) is 18.1 Å². The topological polar surface area (TPSA) is 66.7 Å². The molecular formula is C16H15N3O3. The first-order valence-corrected chi connectivity index (χ1v) is 7.36. The zero-order chi connectivity index (χ0) is 15.1. The van der Waals surface area contributed by atoms with Crippen LogP contribution in [0.15, 0.2) is 41.0 Å². The van der Waals surface area contributed by atoms with Crippen LogP contribution in [-0.2, 0) is 11.3 Å². The molecule has 1 aromatic carbocycles. The molecule has 6 heteroatoms. The van der Waals surface area contributed by atoms with E-state index < -0.39 is 0 Å². The molecule has 2 fully saturated rings. The van der Waals surface area contributed by atoms with E-state index >= 15 is 0 Å². The number of oxazole rings is 1. The Labute approximate surface area is 127 Å². The molecule has 6 nitrogen and oxygen atoms in total. The smallest absolute Gasteiger partial charge is 0.327 e. The van der Waals surface area contributed by atoms with E-state index in [9.17, 15) is 9.59 Å². The minimum atomic E-state index is -0.270. The maximum absolute atomic E-state index is 12.3. The Kier molecular flexibility index (Phi) is 2.96. The molecule has 22 heavy (non-hydrogen) atoms. The second-order valence-electron chi connectivity index (χ2n) is 5.57. The van der Waals surface area contributed by atoms with E-state index in [1.54, 1.807) is 4.90 Å². The van der Waals surface area contributed by atoms with E-state index in [1.165, 1.54) is 11.2 Å². The zero-order valence-corrected chi connectivity index (χ0v) is 11.9. The van der Waals surface area contributed by atoms with Crippen molar-refractivity contribution in [3.63, 3.8) is 0 Å². The van der Waals surface area contributed by atoms with Gasteiger partial charge in [-0.2, -0.15) is 0 Å². The third kappa shape index (κ3) is 1.99. The van der Waals surface area contributed by atoms with Gasteiger partial charge in [0.2, 0.25) is 5.89 Å². The van der Waals surface area contributed by atoms with Crippen LogP contribution >= 0.6 is 0 Å². The lowest BCUT2D eigenvalue weighted by atomic mass is 10.2. The highest BCUT2D eigenvalue weighted by Gasteiger charge is 2.47. The van der Waals surface area contributed by atoms with E-state index in [4.69, 9.17) is 4.42 Å². The van der Waals surface area contributed by atoms with Gasteiger partial charge in [0.15, 0.2) is 0 Å². The molecule has 1 atom stereocenters. The molecule has 0 aliphatic carbocycles. The van der Waals surface area contributed by atoms with Crippen molar-refractivity contribution in [2.45, 2.75) is 25.4 Å². The largest absolute Gasteiger partial charge is 0.444 e. The average Bonchev–Trinajstić information content (AvgIpc) is 3.25. The van der Waals surface area contributed by atoms with Crippen LogP contribution in [0.2, 0.25) is 0 Å². The minimum absolute atomic E-state index is 0.119. The molecule has 2 saturated heterocycles. The van der Waals surface area contributed by atoms with Crippen LogP contribution in [0.4, 0.5) is 4.79 Å². The number of rotatable bonds is 3. The van der Waals surface area contributed by atoms with Crippen molar-refractivity contribution in [3.05, 3.63) is 42.3 Å². The molecule has 0 unspecified atom stereocenters. The van der Waals surface area contributed by atoms with Gasteiger partial charge in [-0.3, -0.25) is 9.69 Å². The average molecular weight is 297 g/mol. The maximum Gasteiger partial charge on any atom is 0.327 e. The van der Waals surface area contributed by atoms with Crippen molar-refractivity contribution in [2.75, 3.05) is 6.54 Å². The molecule has 112 valence electrons. The molecule has 0 radical (unpaired) electrons. The van der Waals surface area contributed by atoms with E-state index in [0.717, 1.165) is 18.4 Å². The predicted octanol–water partition coefficient (Wildman–Crippen LogP) is 2.27. The summed E-state index contributed by atoms with van der Waals surface area (Å²) in [4.78, 5) is 31.8. The highest BCUT2D eigenvalue weighted by molar-refractivity contribution is 6.04. The van der Waals surface area contributed by atoms with Crippen LogP contribution in [0.5, 0.6) is 0 Å². The van der Waals surface area contributed by atoms with Crippen LogP contribution in [0, 0.1) is 0 Å². The summed E-state index contributed by atoms with van der Waals surface area (Å²) < 4.78 is 5.45. The summed E-state index contributed by atoms with van der Waals surface area (Å²) in [5.41, 5.74) is 1.45. The lowest BCUT2D eigenvalue weighted by Gasteiger charge is -2.13. The summed E-state index contributed by atoms with van der Waals surface area (Å²) >= 11 is 0. The zero-order valence-electron chi connectivity index (χ0n) is 11.9. The number of carbonyl (C=O) groups excluding carboxylic acids is 2. The van der Waals surface area contributed by atoms with E-state index in [1.807, 2.05) is 30.3 Å². The van der Waals surface area contributed by atoms with Gasteiger partial charge in [0.25, 0.3) is 5.91 Å². The van der Waals surface area contributed by atoms with Gasteiger partial charge in [0.05, 0.1) is 12.2 Å². The van der Waals surface area contributed by atoms with Gasteiger partial charge in [0.1, 0.15) is 12.3 Å². The SMILES string of the molecule is O=C1[C@@H]2CCCN2C(=O)N1Cc1coc(-c2ccccc2)n1. The quantitative estimate of drug-likeness (QED) is 0.815. The Morgan fingerprint density at radius 1 is 1.23 bits per heavy atom. The predicted molar refractivity (Wildman–Crippen MR) is 77.6 cm³/mol. The fourth-order valence-electron chi connectivity index (χ4n) is 3.08. The van der Waals surface area contributed by atoms with Gasteiger partial charge in [-0.15, -0.1) is 0 Å². The second kappa shape index (κ2) is 4.98. The molecule has 2 aliphatic heterocycles. The van der Waals surface area contributed by atoms with Gasteiger partial charge in [-0.1, -0.05) is 18.2 Å². The number of fused-ring (bicyclic) bond motifs is 1. The number of imide groups is 1. The van der Waals surface area contributed by atoms with Gasteiger partial charge in [-0.25, -0.2) is 9.78 Å². The third-order valence-corrected chi connectivity index (χ3v) is 4.17. The molecule has 0 saturated carbocycles. The number of hydrogen-bond acceptors (Lipinski definition) is 4. The molecule has 0 spiro atoms. The van der Waals surface area contributed by atoms with Crippen LogP contribution in [0.3, 0.4) is 0 Å². The number of urea groups is 1. The first-order chi connectivity index (χ1) is 10.7. The lowest BCUT2D eigenvalue weighted by molar-refractivity contribution is -0.128. The van der Waals surface area contributed by atoms with Gasteiger partial charge in [0, 0.05) is 12.1 Å². The first-order valence-electron chi connectivity index (χ1n) is 7.36. The van der Waals surface area contributed by atoms with Crippen molar-refractivity contribution >= 4 is 11.9 Å². The molecule has 0 N–H and O–H groups in total. The standard InChI is InChI=1S/C16H15N3O3/c20-15-13-7-4-8-18(13)16(21)19(15)9-12-10-22-14(17-12)11-5-2-1-3-6-11/h1-3,5-6,10,13H,4,7-9H2/t13-/m0/s1. The number of aromatic nitrogens is 1. The Morgan fingerprint density at radius 3 is 2.82 bits per heavy atom. The summed E-state index contributed by atoms with van der Waals surface area (Å²) in [5, 5.41) is 0. The normalized spacial score (nSPS) is 20.8. The van der Waals surface area contributed by atoms with Crippen molar-refractivity contribution in [1.82, 2.24) is 14.8 Å². The summed E-state index contributed by atoms with van der Waals surface area (Å²) in [6, 6.07) is 9.05. The van der Waals surface area contributed by atoms with Crippen LogP contribution < -0.4 is 0 Å². The summed E-state index contributed by atoms with van der Waals surface area (Å²) in [7, 11) is 0. The Bertz CT molecular complexity index is 703. The van der Waals surface area contributed by atoms with Crippen LogP contribution in [0.25, 0.3) is 11.5 Å². The van der Waals surface area contributed by atoms with Gasteiger partial charge in [-0.05, 0) is 25.0 Å². The number of amides is 3. The minimum Gasteiger partial charge on any atom is -0.444 e. The molecule has 3 amide bonds. The fraction of sp³-hybridized carbons (Fsp3) is 0.312. The summed E-state index contributed by atoms with van der Waals surface area (Å²) in [6.07, 6.45) is 3.17. The second-order valence-corrected chi connectivity index (χ2v) is 5.57. The van der Waals surface area contributed by atoms with Gasteiger partial charge < -0.3 is 9.32 Å². The van der Waals surface area contributed by atoms with Crippen LogP contribution in [-0.4, -0.2) is 39.3 Å². The fourth-order valence-corrected chi connectivity index (χ4v) is 3.08. The van der Waals surface area contributed by atoms with Crippen molar-refractivity contribution in [2.24, 2.45) is 0 Å². The maximum atomic E-state index is 12.3. The number of benzene rings is 1. The first kappa shape index (κ1) is 13.1. The summed E-state index contributed by atoms with van der Waals surface area (Å²) in [6.45, 7) is 0.834. The van der Waals surface area contributed by atoms with Crippen molar-refractivity contribution in [1.29, 1.82) is 0 Å². The molecule has 4 rings (SSSR count). The van der Waals surface area contributed by atoms with E-state index in [2.05, 4.69) is 4.98 Å². The van der Waals surface area contributed by atoms with Crippen molar-refractivity contribution in [3.8, 4) is 11.5 Å². The van der Waals surface area contributed by atoms with Crippen molar-refractivity contribution < 1.29 is 14.0 Å². The number of nitrogens with zero attached hydrogens (tertiary/aromatic N) is 3. The van der Waals surface area contributed by atoms with Gasteiger partial charge >= 0.3 is 6.03 Å². The number of carbonyl (C=O) groups is 2. The highest BCUT2D eigenvalue weighted by atomic mass is 16.3. The number of hydrogen-bond donors (Lipinski definition) is 0. The van der Waals surface area contributed by atoms with E-state index in [-0.39, 0.29) is 24.5 Å². The molecule has 1 aromatic heterocycles. The highest BCUT2D eigenvalue weighted by Crippen LogP contribution is 2.28. The lowest BCUT2D eigenvalue weighted by Crippen LogP contribution is -2.32. The Hall–Kier alpha value is -2.63. The van der Waals surface area contributed by atoms with Crippen LogP contribution in [0.1, 0.15) is 18.5 Å². The Balaban J connectivity index is 1.54. The molecule has 2 aromatic rings. The molecule has 3 heterocycles. The molecule has 0 bridgehead atoms. The Morgan fingerprint density at radius 2 is 2.05 bits per heavy atom. The summed E-state index contributed by atoms with van der Waals surface area (Å²) in [5.74, 6) is 0.377. The molecular weight excluding hydrogens is 282 g/mol. The monoisotopic (exact) mass is 297 g/mol. The third-order valence-electron chi connectivity index (χ3n) is 4.17. The molecule has 2 aliphatic rings.